The van der Waals surface area contributed by atoms with Crippen molar-refractivity contribution in [3.05, 3.63) is 35.6 Å². The fourth-order valence-corrected chi connectivity index (χ4v) is 4.02. The molecule has 1 atom stereocenters. The quantitative estimate of drug-likeness (QED) is 0.645. The van der Waals surface area contributed by atoms with Crippen molar-refractivity contribution >= 4 is 31.9 Å². The number of halogens is 3. The van der Waals surface area contributed by atoms with Gasteiger partial charge in [0.25, 0.3) is 0 Å². The summed E-state index contributed by atoms with van der Waals surface area (Å²) in [5.74, 6) is -0.161. The van der Waals surface area contributed by atoms with Gasteiger partial charge in [-0.1, -0.05) is 63.3 Å². The molecule has 3 heteroatoms. The standard InChI is InChI=1S/C14H17Br2F/c15-13(14(16)8-2-1-3-9-14)10-11-4-6-12(17)7-5-11/h4-7,13H,1-3,8-10H2. The second-order valence-corrected chi connectivity index (χ2v) is 7.58. The molecule has 0 heterocycles. The highest BCUT2D eigenvalue weighted by Gasteiger charge is 2.35. The van der Waals surface area contributed by atoms with Gasteiger partial charge >= 0.3 is 0 Å². The number of hydrogen-bond acceptors (Lipinski definition) is 0. The molecule has 17 heavy (non-hydrogen) atoms. The van der Waals surface area contributed by atoms with Crippen LogP contribution >= 0.6 is 31.9 Å². The van der Waals surface area contributed by atoms with Crippen LogP contribution in [0.1, 0.15) is 37.7 Å². The van der Waals surface area contributed by atoms with E-state index in [1.165, 1.54) is 49.8 Å². The van der Waals surface area contributed by atoms with Gasteiger partial charge in [0.15, 0.2) is 0 Å². The van der Waals surface area contributed by atoms with Crippen LogP contribution in [-0.4, -0.2) is 9.15 Å². The average Bonchev–Trinajstić information content (AvgIpc) is 2.33. The van der Waals surface area contributed by atoms with E-state index in [1.807, 2.05) is 12.1 Å². The Morgan fingerprint density at radius 3 is 2.29 bits per heavy atom. The molecule has 0 aromatic heterocycles. The molecule has 0 amide bonds. The summed E-state index contributed by atoms with van der Waals surface area (Å²) in [7, 11) is 0. The summed E-state index contributed by atoms with van der Waals surface area (Å²) < 4.78 is 13.1. The topological polar surface area (TPSA) is 0 Å². The molecule has 0 aliphatic heterocycles. The lowest BCUT2D eigenvalue weighted by Gasteiger charge is -2.36. The van der Waals surface area contributed by atoms with E-state index in [0.29, 0.717) is 4.83 Å². The number of benzene rings is 1. The summed E-state index contributed by atoms with van der Waals surface area (Å²) in [5, 5.41) is 0. The molecule has 1 aliphatic carbocycles. The first-order valence-corrected chi connectivity index (χ1v) is 7.88. The summed E-state index contributed by atoms with van der Waals surface area (Å²) in [6.07, 6.45) is 7.36. The highest BCUT2D eigenvalue weighted by Crippen LogP contribution is 2.42. The van der Waals surface area contributed by atoms with Crippen LogP contribution < -0.4 is 0 Å². The molecule has 0 radical (unpaired) electrons. The van der Waals surface area contributed by atoms with Crippen LogP contribution in [0.4, 0.5) is 4.39 Å². The van der Waals surface area contributed by atoms with E-state index in [9.17, 15) is 4.39 Å². The molecule has 0 nitrogen and oxygen atoms in total. The van der Waals surface area contributed by atoms with Crippen molar-refractivity contribution in [2.75, 3.05) is 0 Å². The van der Waals surface area contributed by atoms with Crippen molar-refractivity contribution < 1.29 is 4.39 Å². The van der Waals surface area contributed by atoms with Crippen LogP contribution in [0.15, 0.2) is 24.3 Å². The van der Waals surface area contributed by atoms with Gasteiger partial charge in [-0.15, -0.1) is 0 Å². The third-order valence-electron chi connectivity index (χ3n) is 3.57. The van der Waals surface area contributed by atoms with E-state index in [2.05, 4.69) is 31.9 Å². The molecule has 0 bridgehead atoms. The smallest absolute Gasteiger partial charge is 0.123 e. The van der Waals surface area contributed by atoms with Gasteiger partial charge in [-0.25, -0.2) is 4.39 Å². The van der Waals surface area contributed by atoms with E-state index >= 15 is 0 Å². The highest BCUT2D eigenvalue weighted by molar-refractivity contribution is 9.12. The predicted octanol–water partition coefficient (Wildman–Crippen LogP) is 5.23. The van der Waals surface area contributed by atoms with Crippen LogP contribution in [0.5, 0.6) is 0 Å². The summed E-state index contributed by atoms with van der Waals surface area (Å²) in [6, 6.07) is 6.83. The van der Waals surface area contributed by atoms with Crippen LogP contribution in [0.3, 0.4) is 0 Å². The van der Waals surface area contributed by atoms with Crippen molar-refractivity contribution in [3.8, 4) is 0 Å². The first-order valence-electron chi connectivity index (χ1n) is 6.18. The van der Waals surface area contributed by atoms with E-state index < -0.39 is 0 Å². The molecule has 1 aliphatic rings. The first-order chi connectivity index (χ1) is 8.10. The zero-order valence-electron chi connectivity index (χ0n) is 9.76. The van der Waals surface area contributed by atoms with E-state index in [0.717, 1.165) is 6.42 Å². The summed E-state index contributed by atoms with van der Waals surface area (Å²) in [4.78, 5) is 0.417. The number of alkyl halides is 2. The van der Waals surface area contributed by atoms with Gasteiger partial charge in [0.2, 0.25) is 0 Å². The Morgan fingerprint density at radius 2 is 1.71 bits per heavy atom. The highest BCUT2D eigenvalue weighted by atomic mass is 79.9. The second kappa shape index (κ2) is 5.83. The van der Waals surface area contributed by atoms with E-state index in [4.69, 9.17) is 0 Å². The lowest BCUT2D eigenvalue weighted by Crippen LogP contribution is -2.35. The molecule has 1 saturated carbocycles. The van der Waals surface area contributed by atoms with Gasteiger partial charge in [-0.3, -0.25) is 0 Å². The Kier molecular flexibility index (Phi) is 4.65. The fraction of sp³-hybridized carbons (Fsp3) is 0.571. The average molecular weight is 364 g/mol. The Balaban J connectivity index is 2.00. The van der Waals surface area contributed by atoms with Crippen molar-refractivity contribution in [1.29, 1.82) is 0 Å². The molecule has 0 saturated heterocycles. The molecule has 1 unspecified atom stereocenters. The maximum atomic E-state index is 12.8. The minimum absolute atomic E-state index is 0.161. The van der Waals surface area contributed by atoms with Crippen molar-refractivity contribution in [1.82, 2.24) is 0 Å². The summed E-state index contributed by atoms with van der Waals surface area (Å²) >= 11 is 7.72. The second-order valence-electron chi connectivity index (χ2n) is 4.89. The van der Waals surface area contributed by atoms with Gasteiger partial charge in [0, 0.05) is 9.15 Å². The third kappa shape index (κ3) is 3.54. The summed E-state index contributed by atoms with van der Waals surface area (Å²) in [6.45, 7) is 0. The van der Waals surface area contributed by atoms with E-state index in [1.54, 1.807) is 0 Å². The molecule has 1 fully saturated rings. The van der Waals surface area contributed by atoms with Gasteiger partial charge in [0.05, 0.1) is 0 Å². The Bertz CT molecular complexity index is 355. The van der Waals surface area contributed by atoms with Gasteiger partial charge in [0.1, 0.15) is 5.82 Å². The predicted molar refractivity (Wildman–Crippen MR) is 77.6 cm³/mol. The molecule has 94 valence electrons. The molecular formula is C14H17Br2F. The zero-order valence-corrected chi connectivity index (χ0v) is 12.9. The number of rotatable bonds is 3. The first kappa shape index (κ1) is 13.5. The normalized spacial score (nSPS) is 21.1. The zero-order chi connectivity index (χ0) is 12.3. The maximum Gasteiger partial charge on any atom is 0.123 e. The summed E-state index contributed by atoms with van der Waals surface area (Å²) in [5.41, 5.74) is 1.19. The van der Waals surface area contributed by atoms with Gasteiger partial charge in [-0.05, 0) is 37.0 Å². The van der Waals surface area contributed by atoms with Gasteiger partial charge in [-0.2, -0.15) is 0 Å². The molecule has 0 N–H and O–H groups in total. The lowest BCUT2D eigenvalue weighted by atomic mass is 9.85. The lowest BCUT2D eigenvalue weighted by molar-refractivity contribution is 0.396. The minimum atomic E-state index is -0.161. The third-order valence-corrected chi connectivity index (χ3v) is 6.73. The van der Waals surface area contributed by atoms with Crippen molar-refractivity contribution in [2.45, 2.75) is 47.7 Å². The molecular weight excluding hydrogens is 347 g/mol. The molecule has 2 rings (SSSR count). The Morgan fingerprint density at radius 1 is 1.12 bits per heavy atom. The Hall–Kier alpha value is 0.110. The van der Waals surface area contributed by atoms with Crippen LogP contribution in [0.2, 0.25) is 0 Å². The largest absolute Gasteiger partial charge is 0.207 e. The number of hydrogen-bond donors (Lipinski definition) is 0. The SMILES string of the molecule is Fc1ccc(CC(Br)C2(Br)CCCCC2)cc1. The fourth-order valence-electron chi connectivity index (χ4n) is 2.46. The Labute approximate surface area is 119 Å². The van der Waals surface area contributed by atoms with E-state index in [-0.39, 0.29) is 10.1 Å². The maximum absolute atomic E-state index is 12.8. The van der Waals surface area contributed by atoms with Crippen molar-refractivity contribution in [2.24, 2.45) is 0 Å². The molecule has 0 spiro atoms. The monoisotopic (exact) mass is 362 g/mol. The molecule has 1 aromatic rings. The minimum Gasteiger partial charge on any atom is -0.207 e. The van der Waals surface area contributed by atoms with Crippen molar-refractivity contribution in [3.63, 3.8) is 0 Å². The molecule has 1 aromatic carbocycles. The van der Waals surface area contributed by atoms with Crippen LogP contribution in [-0.2, 0) is 6.42 Å². The van der Waals surface area contributed by atoms with Crippen LogP contribution in [0, 0.1) is 5.82 Å². The van der Waals surface area contributed by atoms with Gasteiger partial charge < -0.3 is 0 Å². The van der Waals surface area contributed by atoms with Crippen LogP contribution in [0.25, 0.3) is 0 Å².